The number of nitrogens with zero attached hydrogens (tertiary/aromatic N) is 5. The van der Waals surface area contributed by atoms with Crippen LogP contribution in [-0.2, 0) is 0 Å². The van der Waals surface area contributed by atoms with Gasteiger partial charge in [-0.15, -0.1) is 0 Å². The quantitative estimate of drug-likeness (QED) is 0.188. The highest BCUT2D eigenvalue weighted by atomic mass is 15.2. The molecule has 0 bridgehead atoms. The van der Waals surface area contributed by atoms with Gasteiger partial charge in [-0.2, -0.15) is 9.97 Å². The Kier molecular flexibility index (Phi) is 6.42. The standard InChI is InChI=1S/C45H29N5/c1-3-14-30(15-4-1)32-18-13-19-33(28-32)44-46-43(31-16-5-2-6-17-31)47-45(48-44)50-41-25-12-9-22-37(41)38-29-34(26-27-42(38)50)49-39-23-10-7-20-35(39)36-21-8-11-24-40(36)49/h1-29H. The van der Waals surface area contributed by atoms with Gasteiger partial charge in [0.1, 0.15) is 0 Å². The molecule has 0 N–H and O–H groups in total. The predicted molar refractivity (Wildman–Crippen MR) is 205 cm³/mol. The minimum Gasteiger partial charge on any atom is -0.309 e. The van der Waals surface area contributed by atoms with E-state index >= 15 is 0 Å². The number of fused-ring (bicyclic) bond motifs is 6. The van der Waals surface area contributed by atoms with Crippen LogP contribution in [0.3, 0.4) is 0 Å². The summed E-state index contributed by atoms with van der Waals surface area (Å²) in [7, 11) is 0. The third-order valence-electron chi connectivity index (χ3n) is 9.58. The molecule has 0 saturated carbocycles. The Bertz CT molecular complexity index is 2810. The van der Waals surface area contributed by atoms with Gasteiger partial charge in [0.15, 0.2) is 11.6 Å². The van der Waals surface area contributed by atoms with Gasteiger partial charge in [-0.25, -0.2) is 4.98 Å². The van der Waals surface area contributed by atoms with E-state index in [-0.39, 0.29) is 0 Å². The maximum Gasteiger partial charge on any atom is 0.238 e. The highest BCUT2D eigenvalue weighted by Crippen LogP contribution is 2.37. The minimum absolute atomic E-state index is 0.579. The van der Waals surface area contributed by atoms with E-state index in [0.29, 0.717) is 17.6 Å². The van der Waals surface area contributed by atoms with E-state index in [4.69, 9.17) is 15.0 Å². The largest absolute Gasteiger partial charge is 0.309 e. The fourth-order valence-electron chi connectivity index (χ4n) is 7.29. The van der Waals surface area contributed by atoms with Gasteiger partial charge in [0.2, 0.25) is 5.95 Å². The van der Waals surface area contributed by atoms with Crippen molar-refractivity contribution < 1.29 is 0 Å². The lowest BCUT2D eigenvalue weighted by Gasteiger charge is -2.12. The Balaban J connectivity index is 1.21. The monoisotopic (exact) mass is 639 g/mol. The van der Waals surface area contributed by atoms with Gasteiger partial charge in [-0.05, 0) is 53.6 Å². The maximum atomic E-state index is 5.20. The Morgan fingerprint density at radius 3 is 1.44 bits per heavy atom. The zero-order chi connectivity index (χ0) is 33.0. The summed E-state index contributed by atoms with van der Waals surface area (Å²) in [5.41, 5.74) is 9.67. The Hall–Kier alpha value is -6.85. The first kappa shape index (κ1) is 28.2. The first-order chi connectivity index (χ1) is 24.8. The molecule has 0 spiro atoms. The van der Waals surface area contributed by atoms with Crippen LogP contribution in [0.25, 0.3) is 89.2 Å². The Morgan fingerprint density at radius 2 is 0.780 bits per heavy atom. The van der Waals surface area contributed by atoms with E-state index in [0.717, 1.165) is 49.7 Å². The fourth-order valence-corrected chi connectivity index (χ4v) is 7.29. The summed E-state index contributed by atoms with van der Waals surface area (Å²) in [6.45, 7) is 0. The van der Waals surface area contributed by atoms with Crippen LogP contribution in [0.1, 0.15) is 0 Å². The highest BCUT2D eigenvalue weighted by Gasteiger charge is 2.19. The lowest BCUT2D eigenvalue weighted by atomic mass is 10.0. The van der Waals surface area contributed by atoms with E-state index in [1.54, 1.807) is 0 Å². The first-order valence-electron chi connectivity index (χ1n) is 16.8. The molecule has 0 aliphatic carbocycles. The summed E-state index contributed by atoms with van der Waals surface area (Å²) < 4.78 is 4.55. The summed E-state index contributed by atoms with van der Waals surface area (Å²) >= 11 is 0. The number of benzene rings is 7. The summed E-state index contributed by atoms with van der Waals surface area (Å²) in [6.07, 6.45) is 0. The van der Waals surface area contributed by atoms with E-state index in [1.165, 1.54) is 21.8 Å². The molecule has 0 aliphatic rings. The van der Waals surface area contributed by atoms with Gasteiger partial charge in [0.05, 0.1) is 22.1 Å². The Morgan fingerprint density at radius 1 is 0.300 bits per heavy atom. The van der Waals surface area contributed by atoms with Crippen molar-refractivity contribution in [1.29, 1.82) is 0 Å². The molecule has 50 heavy (non-hydrogen) atoms. The molecule has 10 aromatic rings. The molecule has 0 fully saturated rings. The predicted octanol–water partition coefficient (Wildman–Crippen LogP) is 11.1. The molecular formula is C45H29N5. The lowest BCUT2D eigenvalue weighted by Crippen LogP contribution is -2.06. The van der Waals surface area contributed by atoms with E-state index in [2.05, 4.69) is 149 Å². The van der Waals surface area contributed by atoms with Crippen molar-refractivity contribution in [1.82, 2.24) is 24.1 Å². The second-order valence-electron chi connectivity index (χ2n) is 12.5. The summed E-state index contributed by atoms with van der Waals surface area (Å²) in [6, 6.07) is 61.5. The van der Waals surface area contributed by atoms with Crippen molar-refractivity contribution in [2.75, 3.05) is 0 Å². The van der Waals surface area contributed by atoms with Gasteiger partial charge in [0.25, 0.3) is 0 Å². The molecule has 0 radical (unpaired) electrons. The van der Waals surface area contributed by atoms with Crippen molar-refractivity contribution in [3.63, 3.8) is 0 Å². The van der Waals surface area contributed by atoms with E-state index in [9.17, 15) is 0 Å². The third-order valence-corrected chi connectivity index (χ3v) is 9.58. The normalized spacial score (nSPS) is 11.6. The maximum absolute atomic E-state index is 5.20. The summed E-state index contributed by atoms with van der Waals surface area (Å²) in [5.74, 6) is 1.83. The molecule has 3 heterocycles. The zero-order valence-corrected chi connectivity index (χ0v) is 27.0. The van der Waals surface area contributed by atoms with Gasteiger partial charge in [0, 0.05) is 38.4 Å². The third kappa shape index (κ3) is 4.52. The molecule has 0 atom stereocenters. The second kappa shape index (κ2) is 11.4. The van der Waals surface area contributed by atoms with Crippen molar-refractivity contribution in [3.05, 3.63) is 176 Å². The van der Waals surface area contributed by atoms with Crippen LogP contribution in [0.5, 0.6) is 0 Å². The van der Waals surface area contributed by atoms with Crippen molar-refractivity contribution in [2.45, 2.75) is 0 Å². The van der Waals surface area contributed by atoms with E-state index in [1.807, 2.05) is 36.4 Å². The van der Waals surface area contributed by atoms with Crippen molar-refractivity contribution in [2.24, 2.45) is 0 Å². The van der Waals surface area contributed by atoms with Crippen LogP contribution in [0.2, 0.25) is 0 Å². The van der Waals surface area contributed by atoms with Crippen LogP contribution in [0, 0.1) is 0 Å². The van der Waals surface area contributed by atoms with Crippen LogP contribution < -0.4 is 0 Å². The molecule has 5 nitrogen and oxygen atoms in total. The molecule has 5 heteroatoms. The molecule has 0 aliphatic heterocycles. The smallest absolute Gasteiger partial charge is 0.238 e. The molecule has 7 aromatic carbocycles. The van der Waals surface area contributed by atoms with E-state index < -0.39 is 0 Å². The van der Waals surface area contributed by atoms with Gasteiger partial charge in [-0.3, -0.25) is 4.57 Å². The van der Waals surface area contributed by atoms with Crippen LogP contribution in [-0.4, -0.2) is 24.1 Å². The summed E-state index contributed by atoms with van der Waals surface area (Å²) in [4.78, 5) is 15.4. The number of hydrogen-bond acceptors (Lipinski definition) is 3. The molecule has 10 rings (SSSR count). The van der Waals surface area contributed by atoms with Crippen LogP contribution >= 0.6 is 0 Å². The Labute approximate surface area is 288 Å². The molecule has 0 unspecified atom stereocenters. The molecular weight excluding hydrogens is 611 g/mol. The number of para-hydroxylation sites is 3. The second-order valence-corrected chi connectivity index (χ2v) is 12.5. The van der Waals surface area contributed by atoms with Gasteiger partial charge < -0.3 is 4.57 Å². The number of aromatic nitrogens is 5. The number of hydrogen-bond donors (Lipinski definition) is 0. The lowest BCUT2D eigenvalue weighted by molar-refractivity contribution is 0.953. The van der Waals surface area contributed by atoms with Gasteiger partial charge in [-0.1, -0.05) is 133 Å². The fraction of sp³-hybridized carbons (Fsp3) is 0. The average molecular weight is 640 g/mol. The SMILES string of the molecule is c1ccc(-c2cccc(-c3nc(-c4ccccc4)nc(-n4c5ccccc5c5cc(-n6c7ccccc7c7ccccc76)ccc54)n3)c2)cc1. The molecule has 3 aromatic heterocycles. The summed E-state index contributed by atoms with van der Waals surface area (Å²) in [5, 5.41) is 4.76. The van der Waals surface area contributed by atoms with Crippen LogP contribution in [0.4, 0.5) is 0 Å². The topological polar surface area (TPSA) is 48.5 Å². The van der Waals surface area contributed by atoms with Crippen molar-refractivity contribution in [3.8, 4) is 45.5 Å². The van der Waals surface area contributed by atoms with Crippen molar-refractivity contribution >= 4 is 43.6 Å². The molecule has 0 amide bonds. The number of rotatable bonds is 5. The van der Waals surface area contributed by atoms with Crippen LogP contribution in [0.15, 0.2) is 176 Å². The minimum atomic E-state index is 0.579. The zero-order valence-electron chi connectivity index (χ0n) is 27.0. The molecule has 0 saturated heterocycles. The highest BCUT2D eigenvalue weighted by molar-refractivity contribution is 6.12. The first-order valence-corrected chi connectivity index (χ1v) is 16.8. The van der Waals surface area contributed by atoms with Gasteiger partial charge >= 0.3 is 0 Å². The molecule has 234 valence electrons. The average Bonchev–Trinajstić information content (AvgIpc) is 3.71.